The maximum absolute atomic E-state index is 12.5. The number of phenols is 3. The van der Waals surface area contributed by atoms with Crippen molar-refractivity contribution in [2.24, 2.45) is 0 Å². The van der Waals surface area contributed by atoms with Crippen LogP contribution in [0.3, 0.4) is 0 Å². The summed E-state index contributed by atoms with van der Waals surface area (Å²) in [6, 6.07) is 67.3. The zero-order valence-corrected chi connectivity index (χ0v) is 47.4. The zero-order chi connectivity index (χ0) is 45.3. The van der Waals surface area contributed by atoms with E-state index in [2.05, 4.69) is 0 Å². The van der Waals surface area contributed by atoms with Crippen LogP contribution in [0.2, 0.25) is 0 Å². The molecule has 12 aromatic rings. The molecule has 0 fully saturated rings. The molecule has 0 radical (unpaired) electrons. The molecule has 324 valence electrons. The van der Waals surface area contributed by atoms with Crippen molar-refractivity contribution in [2.75, 3.05) is 0 Å². The second-order valence-electron chi connectivity index (χ2n) is 16.0. The fourth-order valence-corrected chi connectivity index (χ4v) is 9.10. The van der Waals surface area contributed by atoms with Gasteiger partial charge in [-0.1, -0.05) is 200 Å². The van der Waals surface area contributed by atoms with Crippen LogP contribution in [0, 0.1) is 40.4 Å². The molecule has 70 heavy (non-hydrogen) atoms. The monoisotopic (exact) mass is 1080 g/mol. The van der Waals surface area contributed by atoms with Crippen LogP contribution in [-0.4, -0.2) is 15.3 Å². The third-order valence-electron chi connectivity index (χ3n) is 12.1. The SMILES string of the molecule is [Na+].[Na+].[Na+].[O-]c1ccc2ccccc2c1-c1c(O)ccc2ccccc12.[O-]c1ccc2ccccc2c1-c1c(O)ccc2ccccc12.[O-]c1ccc2ccccc2c1-c1c(O)ccc2ccccc12.[Sm]. The van der Waals surface area contributed by atoms with Gasteiger partial charge < -0.3 is 30.6 Å². The summed E-state index contributed by atoms with van der Waals surface area (Å²) in [5, 5.41) is 80.0. The van der Waals surface area contributed by atoms with Crippen LogP contribution in [0.25, 0.3) is 98.0 Å². The van der Waals surface area contributed by atoms with E-state index in [1.54, 1.807) is 36.4 Å². The van der Waals surface area contributed by atoms with Gasteiger partial charge in [0.05, 0.1) is 0 Å². The Labute approximate surface area is 503 Å². The summed E-state index contributed by atoms with van der Waals surface area (Å²) >= 11 is 0. The van der Waals surface area contributed by atoms with Gasteiger partial charge in [0.15, 0.2) is 0 Å². The average molecular weight is 1080 g/mol. The van der Waals surface area contributed by atoms with E-state index in [0.29, 0.717) is 33.4 Å². The van der Waals surface area contributed by atoms with Crippen molar-refractivity contribution in [1.29, 1.82) is 0 Å². The molecular weight excluding hydrogens is 1040 g/mol. The summed E-state index contributed by atoms with van der Waals surface area (Å²) in [6.07, 6.45) is 0. The predicted molar refractivity (Wildman–Crippen MR) is 264 cm³/mol. The van der Waals surface area contributed by atoms with Gasteiger partial charge in [0.2, 0.25) is 0 Å². The Hall–Kier alpha value is -4.66. The number of benzene rings is 12. The minimum Gasteiger partial charge on any atom is -0.872 e. The minimum atomic E-state index is -0.0784. The summed E-state index contributed by atoms with van der Waals surface area (Å²) in [5.74, 6) is 0.160. The number of fused-ring (bicyclic) bond motifs is 6. The topological polar surface area (TPSA) is 130 Å². The van der Waals surface area contributed by atoms with Crippen LogP contribution in [0.15, 0.2) is 218 Å². The molecule has 0 aliphatic carbocycles. The second kappa shape index (κ2) is 24.2. The summed E-state index contributed by atoms with van der Waals surface area (Å²) in [4.78, 5) is 0. The van der Waals surface area contributed by atoms with Crippen LogP contribution in [0.1, 0.15) is 0 Å². The summed E-state index contributed by atoms with van der Waals surface area (Å²) in [7, 11) is 0. The molecule has 3 N–H and O–H groups in total. The first kappa shape index (κ1) is 54.7. The molecule has 0 heterocycles. The van der Waals surface area contributed by atoms with Crippen molar-refractivity contribution >= 4 is 64.6 Å². The third-order valence-corrected chi connectivity index (χ3v) is 12.1. The van der Waals surface area contributed by atoms with Gasteiger partial charge in [0.25, 0.3) is 0 Å². The standard InChI is InChI=1S/3C20H14O2.3Na.Sm/c3*21-17-11-9-13-5-1-3-7-15(13)19(17)20-16-8-4-2-6-14(16)10-12-18(20)22;;;;/h3*1-12,21-22H;;;;/q;;;3*+1;/p-3. The van der Waals surface area contributed by atoms with Gasteiger partial charge in [-0.15, -0.1) is 17.2 Å². The predicted octanol–water partition coefficient (Wildman–Crippen LogP) is 4.33. The molecule has 0 saturated carbocycles. The van der Waals surface area contributed by atoms with Gasteiger partial charge in [-0.25, -0.2) is 0 Å². The van der Waals surface area contributed by atoms with Gasteiger partial charge in [0.1, 0.15) is 17.2 Å². The van der Waals surface area contributed by atoms with Crippen molar-refractivity contribution < 1.29 is 160 Å². The first-order valence-electron chi connectivity index (χ1n) is 21.5. The quantitative estimate of drug-likeness (QED) is 0.226. The third kappa shape index (κ3) is 10.7. The molecule has 12 rings (SSSR count). The molecule has 12 aromatic carbocycles. The Kier molecular flexibility index (Phi) is 18.9. The zero-order valence-electron chi connectivity index (χ0n) is 38.8. The molecule has 10 heteroatoms. The molecule has 0 spiro atoms. The molecule has 0 aromatic heterocycles. The van der Waals surface area contributed by atoms with Crippen molar-refractivity contribution in [2.45, 2.75) is 0 Å². The van der Waals surface area contributed by atoms with E-state index in [9.17, 15) is 30.6 Å². The minimum absolute atomic E-state index is 0. The van der Waals surface area contributed by atoms with E-state index < -0.39 is 0 Å². The van der Waals surface area contributed by atoms with Crippen LogP contribution in [0.5, 0.6) is 34.5 Å². The number of aromatic hydroxyl groups is 3. The van der Waals surface area contributed by atoms with Crippen molar-refractivity contribution in [3.05, 3.63) is 218 Å². The second-order valence-corrected chi connectivity index (χ2v) is 16.0. The largest absolute Gasteiger partial charge is 1.00 e. The number of phenolic OH excluding ortho intramolecular Hbond substituents is 3. The molecular formula is C60H39Na3O6Sm. The van der Waals surface area contributed by atoms with Crippen LogP contribution < -0.4 is 104 Å². The van der Waals surface area contributed by atoms with Crippen LogP contribution in [-0.2, 0) is 0 Å². The van der Waals surface area contributed by atoms with E-state index in [-0.39, 0.29) is 164 Å². The Morgan fingerprint density at radius 1 is 0.214 bits per heavy atom. The molecule has 0 atom stereocenters. The molecule has 6 nitrogen and oxygen atoms in total. The van der Waals surface area contributed by atoms with Gasteiger partial charge >= 0.3 is 88.7 Å². The fraction of sp³-hybridized carbons (Fsp3) is 0. The molecule has 0 aliphatic heterocycles. The number of rotatable bonds is 3. The van der Waals surface area contributed by atoms with E-state index in [0.717, 1.165) is 64.6 Å². The molecule has 0 amide bonds. The van der Waals surface area contributed by atoms with Crippen molar-refractivity contribution in [3.63, 3.8) is 0 Å². The van der Waals surface area contributed by atoms with Crippen molar-refractivity contribution in [3.8, 4) is 67.9 Å². The smallest absolute Gasteiger partial charge is 0.872 e. The van der Waals surface area contributed by atoms with Gasteiger partial charge in [-0.2, -0.15) is 0 Å². The molecule has 0 saturated heterocycles. The van der Waals surface area contributed by atoms with Crippen LogP contribution in [0.4, 0.5) is 0 Å². The molecule has 0 unspecified atom stereocenters. The van der Waals surface area contributed by atoms with E-state index in [1.807, 2.05) is 182 Å². The van der Waals surface area contributed by atoms with Gasteiger partial charge in [0, 0.05) is 57.1 Å². The van der Waals surface area contributed by atoms with E-state index in [1.165, 1.54) is 0 Å². The number of hydrogen-bond donors (Lipinski definition) is 3. The maximum atomic E-state index is 12.5. The normalized spacial score (nSPS) is 10.5. The fourth-order valence-electron chi connectivity index (χ4n) is 9.10. The Morgan fingerprint density at radius 3 is 0.600 bits per heavy atom. The number of hydrogen-bond acceptors (Lipinski definition) is 6. The Morgan fingerprint density at radius 2 is 0.386 bits per heavy atom. The molecule has 0 aliphatic rings. The molecule has 0 bridgehead atoms. The Bertz CT molecular complexity index is 3180. The first-order valence-corrected chi connectivity index (χ1v) is 21.5. The summed E-state index contributed by atoms with van der Waals surface area (Å²) in [5.41, 5.74) is 3.52. The first-order chi connectivity index (χ1) is 32.3. The maximum Gasteiger partial charge on any atom is 1.00 e. The van der Waals surface area contributed by atoms with E-state index in [4.69, 9.17) is 0 Å². The van der Waals surface area contributed by atoms with Crippen molar-refractivity contribution in [1.82, 2.24) is 0 Å². The average Bonchev–Trinajstić information content (AvgIpc) is 3.35. The van der Waals surface area contributed by atoms with Crippen LogP contribution >= 0.6 is 0 Å². The summed E-state index contributed by atoms with van der Waals surface area (Å²) in [6.45, 7) is 0. The Balaban J connectivity index is 0.000000167. The van der Waals surface area contributed by atoms with Gasteiger partial charge in [-0.3, -0.25) is 0 Å². The van der Waals surface area contributed by atoms with Gasteiger partial charge in [-0.05, 0) is 99.5 Å². The van der Waals surface area contributed by atoms with E-state index >= 15 is 0 Å². The summed E-state index contributed by atoms with van der Waals surface area (Å²) < 4.78 is 0.